The molecule has 0 fully saturated rings. The summed E-state index contributed by atoms with van der Waals surface area (Å²) in [5.41, 5.74) is 4.24. The minimum atomic E-state index is -0.348. The molecule has 1 aromatic carbocycles. The highest BCUT2D eigenvalue weighted by molar-refractivity contribution is 9.10. The minimum Gasteiger partial charge on any atom is -0.465 e. The summed E-state index contributed by atoms with van der Waals surface area (Å²) in [7, 11) is 1.38. The van der Waals surface area contributed by atoms with Gasteiger partial charge in [0, 0.05) is 21.4 Å². The summed E-state index contributed by atoms with van der Waals surface area (Å²) in [5.74, 6) is -0.348. The molecule has 5 heteroatoms. The number of fused-ring (bicyclic) bond motifs is 3. The Balaban J connectivity index is 2.45. The molecule has 0 aliphatic rings. The second-order valence-electron chi connectivity index (χ2n) is 4.81. The zero-order chi connectivity index (χ0) is 14.4. The lowest BCUT2D eigenvalue weighted by Crippen LogP contribution is -2.05. The third-order valence-corrected chi connectivity index (χ3v) is 4.10. The van der Waals surface area contributed by atoms with Gasteiger partial charge in [-0.05, 0) is 53.0 Å². The van der Waals surface area contributed by atoms with Crippen molar-refractivity contribution in [3.8, 4) is 0 Å². The molecule has 0 spiro atoms. The monoisotopic (exact) mass is 332 g/mol. The van der Waals surface area contributed by atoms with Crippen molar-refractivity contribution in [2.75, 3.05) is 7.11 Å². The highest BCUT2D eigenvalue weighted by Gasteiger charge is 2.19. The number of carbonyl (C=O) groups excluding carboxylic acids is 1. The van der Waals surface area contributed by atoms with Crippen LogP contribution in [0.1, 0.15) is 21.5 Å². The first-order chi connectivity index (χ1) is 9.52. The van der Waals surface area contributed by atoms with Crippen LogP contribution in [0.25, 0.3) is 21.9 Å². The minimum absolute atomic E-state index is 0.348. The predicted octanol–water partition coefficient (Wildman–Crippen LogP) is 3.88. The number of aromatic amines is 1. The van der Waals surface area contributed by atoms with E-state index in [4.69, 9.17) is 4.74 Å². The van der Waals surface area contributed by atoms with Crippen LogP contribution in [0.5, 0.6) is 0 Å². The van der Waals surface area contributed by atoms with Crippen molar-refractivity contribution in [2.24, 2.45) is 0 Å². The fraction of sp³-hybridized carbons (Fsp3) is 0.200. The van der Waals surface area contributed by atoms with E-state index in [9.17, 15) is 4.79 Å². The number of halogens is 1. The quantitative estimate of drug-likeness (QED) is 0.688. The van der Waals surface area contributed by atoms with Gasteiger partial charge in [0.1, 0.15) is 5.65 Å². The van der Waals surface area contributed by atoms with Gasteiger partial charge in [0.05, 0.1) is 18.2 Å². The van der Waals surface area contributed by atoms with E-state index in [0.717, 1.165) is 37.5 Å². The van der Waals surface area contributed by atoms with Gasteiger partial charge < -0.3 is 9.72 Å². The van der Waals surface area contributed by atoms with Crippen LogP contribution >= 0.6 is 15.9 Å². The number of benzene rings is 1. The van der Waals surface area contributed by atoms with E-state index in [2.05, 4.69) is 32.0 Å². The molecule has 0 bridgehead atoms. The first-order valence-electron chi connectivity index (χ1n) is 6.18. The molecule has 0 saturated carbocycles. The molecular formula is C15H13BrN2O2. The summed E-state index contributed by atoms with van der Waals surface area (Å²) in [4.78, 5) is 19.6. The molecule has 1 N–H and O–H groups in total. The van der Waals surface area contributed by atoms with Gasteiger partial charge in [-0.25, -0.2) is 9.78 Å². The third-order valence-electron chi connectivity index (χ3n) is 3.48. The second kappa shape index (κ2) is 4.59. The lowest BCUT2D eigenvalue weighted by molar-refractivity contribution is 0.0599. The maximum Gasteiger partial charge on any atom is 0.339 e. The number of hydrogen-bond donors (Lipinski definition) is 1. The number of carbonyl (C=O) groups is 1. The van der Waals surface area contributed by atoms with E-state index < -0.39 is 0 Å². The number of pyridine rings is 1. The van der Waals surface area contributed by atoms with Crippen LogP contribution in [-0.4, -0.2) is 23.0 Å². The number of nitrogens with one attached hydrogen (secondary N) is 1. The Hall–Kier alpha value is -1.88. The van der Waals surface area contributed by atoms with Gasteiger partial charge in [0.25, 0.3) is 0 Å². The van der Waals surface area contributed by atoms with Crippen molar-refractivity contribution in [2.45, 2.75) is 13.8 Å². The Morgan fingerprint density at radius 1 is 1.30 bits per heavy atom. The van der Waals surface area contributed by atoms with Crippen molar-refractivity contribution in [1.82, 2.24) is 9.97 Å². The maximum atomic E-state index is 11.9. The Labute approximate surface area is 124 Å². The molecule has 0 saturated heterocycles. The molecule has 3 rings (SSSR count). The highest BCUT2D eigenvalue weighted by Crippen LogP contribution is 2.33. The summed E-state index contributed by atoms with van der Waals surface area (Å²) in [6.45, 7) is 3.91. The van der Waals surface area contributed by atoms with E-state index >= 15 is 0 Å². The molecule has 0 unspecified atom stereocenters. The summed E-state index contributed by atoms with van der Waals surface area (Å²) in [6, 6.07) is 4.03. The normalized spacial score (nSPS) is 11.2. The highest BCUT2D eigenvalue weighted by atomic mass is 79.9. The van der Waals surface area contributed by atoms with Gasteiger partial charge in [-0.3, -0.25) is 0 Å². The van der Waals surface area contributed by atoms with Gasteiger partial charge in [-0.15, -0.1) is 0 Å². The van der Waals surface area contributed by atoms with Crippen molar-refractivity contribution in [1.29, 1.82) is 0 Å². The summed E-state index contributed by atoms with van der Waals surface area (Å²) in [6.07, 6.45) is 1.82. The molecule has 0 aliphatic carbocycles. The molecule has 102 valence electrons. The molecule has 20 heavy (non-hydrogen) atoms. The molecule has 0 radical (unpaired) electrons. The number of methoxy groups -OCH3 is 1. The van der Waals surface area contributed by atoms with Crippen LogP contribution < -0.4 is 0 Å². The smallest absolute Gasteiger partial charge is 0.339 e. The second-order valence-corrected chi connectivity index (χ2v) is 5.66. The number of aromatic nitrogens is 2. The van der Waals surface area contributed by atoms with Gasteiger partial charge in [-0.1, -0.05) is 0 Å². The van der Waals surface area contributed by atoms with Gasteiger partial charge in [-0.2, -0.15) is 0 Å². The van der Waals surface area contributed by atoms with Gasteiger partial charge >= 0.3 is 5.97 Å². The summed E-state index contributed by atoms with van der Waals surface area (Å²) < 4.78 is 5.57. The molecule has 0 amide bonds. The van der Waals surface area contributed by atoms with Crippen LogP contribution in [0.2, 0.25) is 0 Å². The van der Waals surface area contributed by atoms with Crippen molar-refractivity contribution >= 4 is 43.8 Å². The lowest BCUT2D eigenvalue weighted by Gasteiger charge is -2.07. The number of rotatable bonds is 1. The van der Waals surface area contributed by atoms with E-state index in [0.29, 0.717) is 5.56 Å². The molecular weight excluding hydrogens is 320 g/mol. The van der Waals surface area contributed by atoms with Crippen molar-refractivity contribution in [3.63, 3.8) is 0 Å². The van der Waals surface area contributed by atoms with E-state index in [1.807, 2.05) is 26.1 Å². The summed E-state index contributed by atoms with van der Waals surface area (Å²) in [5, 5.41) is 2.11. The molecule has 2 aromatic heterocycles. The number of ether oxygens (including phenoxy) is 1. The first-order valence-corrected chi connectivity index (χ1v) is 6.97. The SMILES string of the molecule is COC(=O)c1c(Br)cc2c([nH]c3ncc(C)cc32)c1C. The van der Waals surface area contributed by atoms with Crippen molar-refractivity contribution < 1.29 is 9.53 Å². The average Bonchev–Trinajstić information content (AvgIpc) is 2.77. The Morgan fingerprint density at radius 2 is 2.05 bits per heavy atom. The molecule has 0 atom stereocenters. The summed E-state index contributed by atoms with van der Waals surface area (Å²) >= 11 is 3.46. The fourth-order valence-electron chi connectivity index (χ4n) is 2.50. The Morgan fingerprint density at radius 3 is 2.75 bits per heavy atom. The van der Waals surface area contributed by atoms with Gasteiger partial charge in [0.2, 0.25) is 0 Å². The molecule has 4 nitrogen and oxygen atoms in total. The van der Waals surface area contributed by atoms with E-state index in [-0.39, 0.29) is 5.97 Å². The predicted molar refractivity (Wildman–Crippen MR) is 82.1 cm³/mol. The van der Waals surface area contributed by atoms with E-state index in [1.165, 1.54) is 7.11 Å². The molecule has 2 heterocycles. The van der Waals surface area contributed by atoms with Crippen LogP contribution in [-0.2, 0) is 4.74 Å². The standard InChI is InChI=1S/C15H13BrN2O2/c1-7-4-10-9-5-11(16)12(15(19)20-3)8(2)13(9)18-14(10)17-6-7/h4-6H,1-3H3,(H,17,18). The maximum absolute atomic E-state index is 11.9. The van der Waals surface area contributed by atoms with Gasteiger partial charge in [0.15, 0.2) is 0 Å². The van der Waals surface area contributed by atoms with Crippen LogP contribution in [0.15, 0.2) is 22.8 Å². The van der Waals surface area contributed by atoms with Crippen molar-refractivity contribution in [3.05, 3.63) is 39.5 Å². The molecule has 0 aliphatic heterocycles. The zero-order valence-electron chi connectivity index (χ0n) is 11.4. The number of esters is 1. The zero-order valence-corrected chi connectivity index (χ0v) is 13.0. The van der Waals surface area contributed by atoms with E-state index in [1.54, 1.807) is 0 Å². The van der Waals surface area contributed by atoms with Crippen LogP contribution in [0, 0.1) is 13.8 Å². The van der Waals surface area contributed by atoms with Crippen LogP contribution in [0.3, 0.4) is 0 Å². The number of H-pyrrole nitrogens is 1. The third kappa shape index (κ3) is 1.81. The Kier molecular flexibility index (Phi) is 3.01. The fourth-order valence-corrected chi connectivity index (χ4v) is 3.18. The lowest BCUT2D eigenvalue weighted by atomic mass is 10.0. The largest absolute Gasteiger partial charge is 0.465 e. The first kappa shape index (κ1) is 13.1. The average molecular weight is 333 g/mol. The molecule has 3 aromatic rings. The van der Waals surface area contributed by atoms with Crippen LogP contribution in [0.4, 0.5) is 0 Å². The topological polar surface area (TPSA) is 55.0 Å². The number of hydrogen-bond acceptors (Lipinski definition) is 3. The Bertz CT molecular complexity index is 852. The number of aryl methyl sites for hydroxylation is 2. The number of nitrogens with zero attached hydrogens (tertiary/aromatic N) is 1.